The summed E-state index contributed by atoms with van der Waals surface area (Å²) < 4.78 is 0. The Kier molecular flexibility index (Phi) is 5.29. The summed E-state index contributed by atoms with van der Waals surface area (Å²) in [6, 6.07) is 19.6. The summed E-state index contributed by atoms with van der Waals surface area (Å²) in [7, 11) is 0. The smallest absolute Gasteiger partial charge is 0.257 e. The summed E-state index contributed by atoms with van der Waals surface area (Å²) in [6.45, 7) is 2.79. The van der Waals surface area contributed by atoms with E-state index in [0.29, 0.717) is 23.0 Å². The molecule has 2 aliphatic carbocycles. The molecule has 4 atom stereocenters. The topological polar surface area (TPSA) is 76.4 Å². The minimum absolute atomic E-state index is 0.0126. The number of benzene rings is 2. The molecule has 5 heteroatoms. The summed E-state index contributed by atoms with van der Waals surface area (Å²) in [5.74, 6) is 0.696. The highest BCUT2D eigenvalue weighted by Gasteiger charge is 2.58. The fourth-order valence-electron chi connectivity index (χ4n) is 5.75. The summed E-state index contributed by atoms with van der Waals surface area (Å²) in [5.41, 5.74) is 1.17. The van der Waals surface area contributed by atoms with Gasteiger partial charge in [0.05, 0.1) is 11.6 Å². The number of piperidine rings is 1. The number of rotatable bonds is 6. The maximum atomic E-state index is 13.4. The average molecular weight is 416 g/mol. The summed E-state index contributed by atoms with van der Waals surface area (Å²) in [6.07, 6.45) is 3.95. The standard InChI is InChI=1S/C26H29N3O2/c27-14-18-10-12-19(13-11-18)15-29-16-22-23(17-29)24(22)28-25(30)26(31,21-8-4-5-9-21)20-6-2-1-3-7-20/h1-3,6-7,10-13,21-24,31H,4-5,8-9,15-17H2,(H,28,30)/t22-,23?,24?,26?/m0/s1. The molecule has 1 heterocycles. The molecular weight excluding hydrogens is 386 g/mol. The first-order valence-corrected chi connectivity index (χ1v) is 11.4. The van der Waals surface area contributed by atoms with Crippen molar-refractivity contribution in [1.82, 2.24) is 10.2 Å². The molecule has 2 N–H and O–H groups in total. The molecule has 1 amide bonds. The molecule has 3 aliphatic rings. The lowest BCUT2D eigenvalue weighted by Crippen LogP contribution is -2.50. The Morgan fingerprint density at radius 1 is 1.06 bits per heavy atom. The molecule has 0 aromatic heterocycles. The molecule has 3 unspecified atom stereocenters. The Balaban J connectivity index is 1.21. The number of nitriles is 1. The molecule has 2 saturated carbocycles. The Morgan fingerprint density at radius 2 is 1.71 bits per heavy atom. The van der Waals surface area contributed by atoms with E-state index < -0.39 is 5.60 Å². The van der Waals surface area contributed by atoms with Gasteiger partial charge in [0.25, 0.3) is 5.91 Å². The van der Waals surface area contributed by atoms with E-state index >= 15 is 0 Å². The molecule has 1 saturated heterocycles. The number of carbonyl (C=O) groups excluding carboxylic acids is 1. The SMILES string of the molecule is N#Cc1ccc(CN2CC3C(NC(=O)C(O)(c4ccccc4)C4CCCC4)[C@H]3C2)cc1. The molecule has 0 radical (unpaired) electrons. The molecule has 3 fully saturated rings. The van der Waals surface area contributed by atoms with Crippen molar-refractivity contribution in [2.24, 2.45) is 17.8 Å². The fourth-order valence-corrected chi connectivity index (χ4v) is 5.75. The van der Waals surface area contributed by atoms with Gasteiger partial charge in [-0.05, 0) is 47.9 Å². The van der Waals surface area contributed by atoms with Crippen molar-refractivity contribution in [3.63, 3.8) is 0 Å². The normalized spacial score (nSPS) is 27.3. The number of aliphatic hydroxyl groups is 1. The van der Waals surface area contributed by atoms with Crippen LogP contribution in [0.25, 0.3) is 0 Å². The summed E-state index contributed by atoms with van der Waals surface area (Å²) in [4.78, 5) is 15.8. The van der Waals surface area contributed by atoms with Crippen LogP contribution in [-0.4, -0.2) is 35.0 Å². The van der Waals surface area contributed by atoms with E-state index in [4.69, 9.17) is 5.26 Å². The zero-order valence-electron chi connectivity index (χ0n) is 17.7. The van der Waals surface area contributed by atoms with Gasteiger partial charge in [-0.3, -0.25) is 9.69 Å². The van der Waals surface area contributed by atoms with Gasteiger partial charge in [-0.15, -0.1) is 0 Å². The predicted octanol–water partition coefficient (Wildman–Crippen LogP) is 3.18. The van der Waals surface area contributed by atoms with Gasteiger partial charge < -0.3 is 10.4 Å². The number of likely N-dealkylation sites (tertiary alicyclic amines) is 1. The molecule has 31 heavy (non-hydrogen) atoms. The van der Waals surface area contributed by atoms with Crippen LogP contribution in [0.2, 0.25) is 0 Å². The third-order valence-corrected chi connectivity index (χ3v) is 7.56. The van der Waals surface area contributed by atoms with E-state index in [1.165, 1.54) is 5.56 Å². The van der Waals surface area contributed by atoms with Crippen LogP contribution in [0.15, 0.2) is 54.6 Å². The van der Waals surface area contributed by atoms with E-state index in [-0.39, 0.29) is 17.9 Å². The second-order valence-corrected chi connectivity index (χ2v) is 9.44. The molecule has 0 spiro atoms. The predicted molar refractivity (Wildman–Crippen MR) is 118 cm³/mol. The molecule has 160 valence electrons. The number of hydrogen-bond donors (Lipinski definition) is 2. The third-order valence-electron chi connectivity index (χ3n) is 7.56. The molecule has 5 nitrogen and oxygen atoms in total. The van der Waals surface area contributed by atoms with Crippen LogP contribution in [0.4, 0.5) is 0 Å². The van der Waals surface area contributed by atoms with Crippen molar-refractivity contribution in [2.45, 2.75) is 43.9 Å². The van der Waals surface area contributed by atoms with Crippen LogP contribution in [0.1, 0.15) is 42.4 Å². The van der Waals surface area contributed by atoms with E-state index in [1.807, 2.05) is 54.6 Å². The van der Waals surface area contributed by atoms with Gasteiger partial charge in [-0.25, -0.2) is 0 Å². The quantitative estimate of drug-likeness (QED) is 0.760. The van der Waals surface area contributed by atoms with Gasteiger partial charge in [0.15, 0.2) is 5.60 Å². The molecular formula is C26H29N3O2. The minimum atomic E-state index is -1.43. The number of nitrogens with one attached hydrogen (secondary N) is 1. The van der Waals surface area contributed by atoms with Crippen molar-refractivity contribution in [3.05, 3.63) is 71.3 Å². The lowest BCUT2D eigenvalue weighted by Gasteiger charge is -2.33. The monoisotopic (exact) mass is 415 g/mol. The zero-order valence-corrected chi connectivity index (χ0v) is 17.7. The Hall–Kier alpha value is -2.68. The molecule has 0 bridgehead atoms. The maximum absolute atomic E-state index is 13.4. The molecule has 2 aromatic carbocycles. The number of carbonyl (C=O) groups is 1. The fraction of sp³-hybridized carbons (Fsp3) is 0.462. The Bertz CT molecular complexity index is 966. The zero-order chi connectivity index (χ0) is 21.4. The van der Waals surface area contributed by atoms with Crippen LogP contribution in [0.3, 0.4) is 0 Å². The van der Waals surface area contributed by atoms with Gasteiger partial charge in [-0.2, -0.15) is 5.26 Å². The van der Waals surface area contributed by atoms with Crippen molar-refractivity contribution in [1.29, 1.82) is 5.26 Å². The Morgan fingerprint density at radius 3 is 2.32 bits per heavy atom. The first-order valence-electron chi connectivity index (χ1n) is 11.4. The number of amides is 1. The van der Waals surface area contributed by atoms with E-state index in [9.17, 15) is 9.90 Å². The van der Waals surface area contributed by atoms with Gasteiger partial charge in [0.1, 0.15) is 0 Å². The molecule has 2 aromatic rings. The highest BCUT2D eigenvalue weighted by molar-refractivity contribution is 5.87. The van der Waals surface area contributed by atoms with Crippen molar-refractivity contribution >= 4 is 5.91 Å². The van der Waals surface area contributed by atoms with Crippen LogP contribution >= 0.6 is 0 Å². The first kappa shape index (κ1) is 20.2. The van der Waals surface area contributed by atoms with Crippen molar-refractivity contribution < 1.29 is 9.90 Å². The van der Waals surface area contributed by atoms with Gasteiger partial charge in [0, 0.05) is 31.6 Å². The highest BCUT2D eigenvalue weighted by atomic mass is 16.3. The van der Waals surface area contributed by atoms with Gasteiger partial charge >= 0.3 is 0 Å². The third kappa shape index (κ3) is 3.75. The van der Waals surface area contributed by atoms with Crippen LogP contribution in [0, 0.1) is 29.1 Å². The van der Waals surface area contributed by atoms with E-state index in [0.717, 1.165) is 45.3 Å². The summed E-state index contributed by atoms with van der Waals surface area (Å²) in [5, 5.41) is 23.8. The molecule has 5 rings (SSSR count). The van der Waals surface area contributed by atoms with E-state index in [2.05, 4.69) is 16.3 Å². The second kappa shape index (κ2) is 8.11. The second-order valence-electron chi connectivity index (χ2n) is 9.44. The lowest BCUT2D eigenvalue weighted by atomic mass is 9.79. The number of nitrogens with zero attached hydrogens (tertiary/aromatic N) is 2. The van der Waals surface area contributed by atoms with Gasteiger partial charge in [-0.1, -0.05) is 55.3 Å². The van der Waals surface area contributed by atoms with E-state index in [1.54, 1.807) is 0 Å². The lowest BCUT2D eigenvalue weighted by molar-refractivity contribution is -0.147. The van der Waals surface area contributed by atoms with Crippen LogP contribution in [0.5, 0.6) is 0 Å². The average Bonchev–Trinajstić information content (AvgIpc) is 3.21. The van der Waals surface area contributed by atoms with Gasteiger partial charge in [0.2, 0.25) is 0 Å². The summed E-state index contributed by atoms with van der Waals surface area (Å²) >= 11 is 0. The van der Waals surface area contributed by atoms with Crippen LogP contribution in [-0.2, 0) is 16.9 Å². The largest absolute Gasteiger partial charge is 0.375 e. The first-order chi connectivity index (χ1) is 15.1. The maximum Gasteiger partial charge on any atom is 0.257 e. The Labute approximate surface area is 183 Å². The molecule has 1 aliphatic heterocycles. The van der Waals surface area contributed by atoms with Crippen LogP contribution < -0.4 is 5.32 Å². The van der Waals surface area contributed by atoms with Crippen molar-refractivity contribution in [3.8, 4) is 6.07 Å². The highest BCUT2D eigenvalue weighted by Crippen LogP contribution is 2.47. The number of fused-ring (bicyclic) bond motifs is 1. The number of hydrogen-bond acceptors (Lipinski definition) is 4. The van der Waals surface area contributed by atoms with Crippen molar-refractivity contribution in [2.75, 3.05) is 13.1 Å². The minimum Gasteiger partial charge on any atom is -0.375 e.